The van der Waals surface area contributed by atoms with E-state index in [1.807, 2.05) is 25.1 Å². The summed E-state index contributed by atoms with van der Waals surface area (Å²) in [4.78, 5) is 4.57. The van der Waals surface area contributed by atoms with Gasteiger partial charge in [-0.05, 0) is 48.9 Å². The van der Waals surface area contributed by atoms with Crippen molar-refractivity contribution in [3.8, 4) is 0 Å². The van der Waals surface area contributed by atoms with Crippen molar-refractivity contribution in [3.05, 3.63) is 70.3 Å². The second-order valence-corrected chi connectivity index (χ2v) is 5.72. The molecule has 3 heteroatoms. The summed E-state index contributed by atoms with van der Waals surface area (Å²) in [7, 11) is 0. The Hall–Kier alpha value is -1.87. The highest BCUT2D eigenvalue weighted by Crippen LogP contribution is 2.20. The lowest BCUT2D eigenvalue weighted by Crippen LogP contribution is -2.01. The molecule has 2 aromatic carbocycles. The van der Waals surface area contributed by atoms with Gasteiger partial charge in [0, 0.05) is 27.8 Å². The van der Waals surface area contributed by atoms with Crippen LogP contribution in [0.3, 0.4) is 0 Å². The zero-order valence-electron chi connectivity index (χ0n) is 11.2. The minimum atomic E-state index is 0.797. The number of rotatable bonds is 3. The Kier molecular flexibility index (Phi) is 3.70. The van der Waals surface area contributed by atoms with Crippen molar-refractivity contribution in [2.24, 2.45) is 0 Å². The number of hydrogen-bond donors (Lipinski definition) is 1. The Bertz CT molecular complexity index is 736. The minimum absolute atomic E-state index is 0.797. The Morgan fingerprint density at radius 2 is 1.80 bits per heavy atom. The van der Waals surface area contributed by atoms with Crippen molar-refractivity contribution in [2.45, 2.75) is 13.5 Å². The van der Waals surface area contributed by atoms with Gasteiger partial charge in [-0.15, -0.1) is 0 Å². The second-order valence-electron chi connectivity index (χ2n) is 4.80. The summed E-state index contributed by atoms with van der Waals surface area (Å²) in [5.41, 5.74) is 4.50. The van der Waals surface area contributed by atoms with Crippen molar-refractivity contribution in [1.29, 1.82) is 0 Å². The number of para-hydroxylation sites is 1. The number of anilines is 1. The molecule has 0 spiro atoms. The lowest BCUT2D eigenvalue weighted by molar-refractivity contribution is 1.13. The molecule has 3 aromatic rings. The van der Waals surface area contributed by atoms with Crippen molar-refractivity contribution in [3.63, 3.8) is 0 Å². The molecule has 0 radical (unpaired) electrons. The average molecular weight is 327 g/mol. The van der Waals surface area contributed by atoms with Gasteiger partial charge in [0.1, 0.15) is 0 Å². The minimum Gasteiger partial charge on any atom is -0.381 e. The van der Waals surface area contributed by atoms with Gasteiger partial charge in [0.25, 0.3) is 0 Å². The van der Waals surface area contributed by atoms with Crippen LogP contribution in [0.2, 0.25) is 0 Å². The molecular formula is C17H15BrN2. The number of halogens is 1. The van der Waals surface area contributed by atoms with E-state index in [1.165, 1.54) is 10.9 Å². The Morgan fingerprint density at radius 3 is 2.60 bits per heavy atom. The number of hydrogen-bond acceptors (Lipinski definition) is 2. The predicted octanol–water partition coefficient (Wildman–Crippen LogP) is 4.92. The highest BCUT2D eigenvalue weighted by Gasteiger charge is 2.03. The maximum absolute atomic E-state index is 4.57. The largest absolute Gasteiger partial charge is 0.381 e. The van der Waals surface area contributed by atoms with Crippen molar-refractivity contribution in [2.75, 3.05) is 5.32 Å². The highest BCUT2D eigenvalue weighted by atomic mass is 79.9. The summed E-state index contributed by atoms with van der Waals surface area (Å²) >= 11 is 3.45. The molecule has 0 aliphatic heterocycles. The highest BCUT2D eigenvalue weighted by molar-refractivity contribution is 9.10. The van der Waals surface area contributed by atoms with Crippen LogP contribution in [0.1, 0.15) is 11.3 Å². The number of nitrogens with zero attached hydrogens (tertiary/aromatic N) is 1. The topological polar surface area (TPSA) is 24.9 Å². The molecule has 2 nitrogen and oxygen atoms in total. The summed E-state index contributed by atoms with van der Waals surface area (Å²) in [6.07, 6.45) is 0. The van der Waals surface area contributed by atoms with E-state index in [0.717, 1.165) is 27.9 Å². The number of nitrogens with one attached hydrogen (secondary N) is 1. The van der Waals surface area contributed by atoms with Gasteiger partial charge in [-0.3, -0.25) is 4.98 Å². The van der Waals surface area contributed by atoms with Crippen LogP contribution in [0.4, 0.5) is 5.69 Å². The molecule has 1 N–H and O–H groups in total. The van der Waals surface area contributed by atoms with Crippen LogP contribution in [-0.4, -0.2) is 4.98 Å². The predicted molar refractivity (Wildman–Crippen MR) is 87.9 cm³/mol. The van der Waals surface area contributed by atoms with Crippen LogP contribution in [0.5, 0.6) is 0 Å². The number of benzene rings is 2. The van der Waals surface area contributed by atoms with E-state index >= 15 is 0 Å². The number of pyridine rings is 1. The number of fused-ring (bicyclic) bond motifs is 1. The first kappa shape index (κ1) is 13.1. The lowest BCUT2D eigenvalue weighted by Gasteiger charge is -2.10. The molecule has 0 aliphatic rings. The van der Waals surface area contributed by atoms with Crippen molar-refractivity contribution in [1.82, 2.24) is 4.98 Å². The van der Waals surface area contributed by atoms with E-state index in [4.69, 9.17) is 0 Å². The first-order chi connectivity index (χ1) is 9.72. The van der Waals surface area contributed by atoms with E-state index in [-0.39, 0.29) is 0 Å². The second kappa shape index (κ2) is 5.63. The maximum Gasteiger partial charge on any atom is 0.0708 e. The molecule has 0 bridgehead atoms. The fraction of sp³-hybridized carbons (Fsp3) is 0.118. The quantitative estimate of drug-likeness (QED) is 0.739. The van der Waals surface area contributed by atoms with Gasteiger partial charge in [0.15, 0.2) is 0 Å². The fourth-order valence-electron chi connectivity index (χ4n) is 2.31. The molecule has 1 aromatic heterocycles. The molecule has 0 saturated carbocycles. The first-order valence-electron chi connectivity index (χ1n) is 6.57. The molecule has 0 amide bonds. The van der Waals surface area contributed by atoms with Crippen LogP contribution in [0.25, 0.3) is 10.9 Å². The third kappa shape index (κ3) is 2.83. The summed E-state index contributed by atoms with van der Waals surface area (Å²) < 4.78 is 1.09. The molecule has 0 saturated heterocycles. The van der Waals surface area contributed by atoms with Crippen LogP contribution in [0, 0.1) is 6.92 Å². The Labute approximate surface area is 127 Å². The standard InChI is InChI=1S/C17H15BrN2/c1-12-10-13(16-4-2-3-5-17(16)20-12)11-19-15-8-6-14(18)7-9-15/h2-10,19H,11H2,1H3. The van der Waals surface area contributed by atoms with Crippen LogP contribution in [-0.2, 0) is 6.54 Å². The Balaban J connectivity index is 1.88. The zero-order chi connectivity index (χ0) is 13.9. The van der Waals surface area contributed by atoms with E-state index < -0.39 is 0 Å². The first-order valence-corrected chi connectivity index (χ1v) is 7.36. The van der Waals surface area contributed by atoms with Crippen LogP contribution in [0.15, 0.2) is 59.1 Å². The van der Waals surface area contributed by atoms with Crippen molar-refractivity contribution >= 4 is 32.5 Å². The van der Waals surface area contributed by atoms with Gasteiger partial charge in [-0.2, -0.15) is 0 Å². The Morgan fingerprint density at radius 1 is 1.05 bits per heavy atom. The number of aryl methyl sites for hydroxylation is 1. The van der Waals surface area contributed by atoms with E-state index in [9.17, 15) is 0 Å². The van der Waals surface area contributed by atoms with Gasteiger partial charge in [-0.1, -0.05) is 34.1 Å². The molecule has 0 aliphatic carbocycles. The summed E-state index contributed by atoms with van der Waals surface area (Å²) in [5.74, 6) is 0. The number of aromatic nitrogens is 1. The summed E-state index contributed by atoms with van der Waals surface area (Å²) in [6.45, 7) is 2.83. The van der Waals surface area contributed by atoms with Gasteiger partial charge >= 0.3 is 0 Å². The summed E-state index contributed by atoms with van der Waals surface area (Å²) in [5, 5.41) is 4.67. The molecule has 3 rings (SSSR count). The molecule has 0 atom stereocenters. The molecular weight excluding hydrogens is 312 g/mol. The van der Waals surface area contributed by atoms with Gasteiger partial charge in [-0.25, -0.2) is 0 Å². The fourth-order valence-corrected chi connectivity index (χ4v) is 2.57. The molecule has 0 unspecified atom stereocenters. The molecule has 100 valence electrons. The molecule has 0 fully saturated rings. The normalized spacial score (nSPS) is 10.7. The smallest absolute Gasteiger partial charge is 0.0708 e. The van der Waals surface area contributed by atoms with Gasteiger partial charge in [0.2, 0.25) is 0 Å². The van der Waals surface area contributed by atoms with Crippen LogP contribution < -0.4 is 5.32 Å². The lowest BCUT2D eigenvalue weighted by atomic mass is 10.1. The van der Waals surface area contributed by atoms with Gasteiger partial charge < -0.3 is 5.32 Å². The molecule has 20 heavy (non-hydrogen) atoms. The van der Waals surface area contributed by atoms with Gasteiger partial charge in [0.05, 0.1) is 5.52 Å². The van der Waals surface area contributed by atoms with Crippen molar-refractivity contribution < 1.29 is 0 Å². The maximum atomic E-state index is 4.57. The monoisotopic (exact) mass is 326 g/mol. The van der Waals surface area contributed by atoms with E-state index in [1.54, 1.807) is 0 Å². The van der Waals surface area contributed by atoms with Crippen LogP contribution >= 0.6 is 15.9 Å². The molecule has 1 heterocycles. The summed E-state index contributed by atoms with van der Waals surface area (Å²) in [6, 6.07) is 18.6. The average Bonchev–Trinajstić information content (AvgIpc) is 2.46. The zero-order valence-corrected chi connectivity index (χ0v) is 12.8. The third-order valence-electron chi connectivity index (χ3n) is 3.26. The SMILES string of the molecule is Cc1cc(CNc2ccc(Br)cc2)c2ccccc2n1. The van der Waals surface area contributed by atoms with E-state index in [0.29, 0.717) is 0 Å². The third-order valence-corrected chi connectivity index (χ3v) is 3.79. The van der Waals surface area contributed by atoms with E-state index in [2.05, 4.69) is 62.6 Å².